The lowest BCUT2D eigenvalue weighted by Crippen LogP contribution is -2.41. The number of ether oxygens (including phenoxy) is 1. The van der Waals surface area contributed by atoms with E-state index in [1.165, 1.54) is 11.1 Å². The molecule has 1 aromatic carbocycles. The molecule has 146 valence electrons. The Morgan fingerprint density at radius 1 is 1.44 bits per heavy atom. The molecule has 3 rings (SSSR count). The second-order valence-corrected chi connectivity index (χ2v) is 6.87. The molecule has 0 saturated heterocycles. The molecule has 0 aliphatic carbocycles. The number of aromatic nitrogens is 1. The Hall–Kier alpha value is -2.58. The fourth-order valence-corrected chi connectivity index (χ4v) is 3.36. The third-order valence-corrected chi connectivity index (χ3v) is 4.91. The number of carboxylic acid groups (broad SMARTS) is 1. The van der Waals surface area contributed by atoms with Crippen LogP contribution >= 0.6 is 0 Å². The van der Waals surface area contributed by atoms with E-state index >= 15 is 0 Å². The van der Waals surface area contributed by atoms with Crippen molar-refractivity contribution >= 4 is 6.09 Å². The van der Waals surface area contributed by atoms with Gasteiger partial charge in [0.1, 0.15) is 18.6 Å². The zero-order valence-corrected chi connectivity index (χ0v) is 15.6. The highest BCUT2D eigenvalue weighted by molar-refractivity contribution is 5.64. The smallest absolute Gasteiger partial charge is 0.404 e. The summed E-state index contributed by atoms with van der Waals surface area (Å²) in [5.74, 6) is 0.855. The van der Waals surface area contributed by atoms with E-state index in [1.54, 1.807) is 6.26 Å². The van der Waals surface area contributed by atoms with Crippen LogP contribution in [-0.2, 0) is 19.6 Å². The van der Waals surface area contributed by atoms with Crippen LogP contribution in [0.15, 0.2) is 22.9 Å². The van der Waals surface area contributed by atoms with Gasteiger partial charge in [0.25, 0.3) is 0 Å². The summed E-state index contributed by atoms with van der Waals surface area (Å²) in [6.07, 6.45) is 0.621. The Labute approximate surface area is 157 Å². The lowest BCUT2D eigenvalue weighted by molar-refractivity contribution is 0.102. The second-order valence-electron chi connectivity index (χ2n) is 6.87. The molecule has 0 spiro atoms. The van der Waals surface area contributed by atoms with Gasteiger partial charge in [-0.1, -0.05) is 11.2 Å². The number of nitrogens with zero attached hydrogens (tertiary/aromatic N) is 2. The molecule has 2 heterocycles. The van der Waals surface area contributed by atoms with Gasteiger partial charge in [0.15, 0.2) is 0 Å². The zero-order chi connectivity index (χ0) is 19.4. The van der Waals surface area contributed by atoms with E-state index in [0.717, 1.165) is 42.1 Å². The Kier molecular flexibility index (Phi) is 5.98. The second kappa shape index (κ2) is 8.41. The van der Waals surface area contributed by atoms with Crippen molar-refractivity contribution in [2.24, 2.45) is 0 Å². The van der Waals surface area contributed by atoms with Crippen LogP contribution in [0.5, 0.6) is 5.75 Å². The third-order valence-electron chi connectivity index (χ3n) is 4.91. The first-order valence-corrected chi connectivity index (χ1v) is 8.95. The van der Waals surface area contributed by atoms with Gasteiger partial charge >= 0.3 is 6.09 Å². The van der Waals surface area contributed by atoms with Crippen LogP contribution < -0.4 is 10.1 Å². The molecule has 1 aliphatic heterocycles. The minimum Gasteiger partial charge on any atom is -0.488 e. The predicted octanol–water partition coefficient (Wildman–Crippen LogP) is 1.86. The van der Waals surface area contributed by atoms with Crippen LogP contribution in [0.1, 0.15) is 27.9 Å². The minimum absolute atomic E-state index is 0.0345. The Morgan fingerprint density at radius 3 is 2.96 bits per heavy atom. The van der Waals surface area contributed by atoms with Crippen LogP contribution in [0.3, 0.4) is 0 Å². The number of benzene rings is 1. The number of hydrogen-bond acceptors (Lipinski definition) is 6. The lowest BCUT2D eigenvalue weighted by atomic mass is 9.94. The molecular formula is C19H25N3O5. The fraction of sp³-hybridized carbons (Fsp3) is 0.474. The monoisotopic (exact) mass is 375 g/mol. The van der Waals surface area contributed by atoms with Gasteiger partial charge in [-0.15, -0.1) is 0 Å². The average Bonchev–Trinajstić information content (AvgIpc) is 3.04. The van der Waals surface area contributed by atoms with E-state index < -0.39 is 12.2 Å². The van der Waals surface area contributed by atoms with Gasteiger partial charge < -0.3 is 24.8 Å². The lowest BCUT2D eigenvalue weighted by Gasteiger charge is -2.31. The van der Waals surface area contributed by atoms with Crippen LogP contribution in [0.2, 0.25) is 0 Å². The van der Waals surface area contributed by atoms with Gasteiger partial charge in [-0.05, 0) is 43.0 Å². The molecular weight excluding hydrogens is 350 g/mol. The van der Waals surface area contributed by atoms with Gasteiger partial charge in [-0.3, -0.25) is 4.90 Å². The molecule has 2 aromatic rings. The first kappa shape index (κ1) is 19.2. The maximum atomic E-state index is 10.5. The Balaban J connectivity index is 1.60. The van der Waals surface area contributed by atoms with Crippen LogP contribution in [0.4, 0.5) is 4.79 Å². The van der Waals surface area contributed by atoms with E-state index in [2.05, 4.69) is 28.4 Å². The van der Waals surface area contributed by atoms with E-state index in [9.17, 15) is 9.90 Å². The Morgan fingerprint density at radius 2 is 2.26 bits per heavy atom. The standard InChI is InChI=1S/C19H25N3O5/c1-12-17-5-6-22(9-16(23)7-20-19(24)25)8-14(17)3-4-18(12)26-10-15-11-27-21-13(15)2/h3-4,11,16,20,23H,5-10H2,1-2H3,(H,24,25). The summed E-state index contributed by atoms with van der Waals surface area (Å²) in [5.41, 5.74) is 5.39. The molecule has 27 heavy (non-hydrogen) atoms. The van der Waals surface area contributed by atoms with E-state index in [1.807, 2.05) is 13.0 Å². The summed E-state index contributed by atoms with van der Waals surface area (Å²) in [5, 5.41) is 24.7. The van der Waals surface area contributed by atoms with E-state index in [0.29, 0.717) is 13.2 Å². The molecule has 3 N–H and O–H groups in total. The summed E-state index contributed by atoms with van der Waals surface area (Å²) >= 11 is 0. The zero-order valence-electron chi connectivity index (χ0n) is 15.6. The molecule has 8 heteroatoms. The summed E-state index contributed by atoms with van der Waals surface area (Å²) in [6.45, 7) is 6.38. The molecule has 0 saturated carbocycles. The molecule has 1 unspecified atom stereocenters. The summed E-state index contributed by atoms with van der Waals surface area (Å²) < 4.78 is 10.9. The van der Waals surface area contributed by atoms with Gasteiger partial charge in [-0.2, -0.15) is 0 Å². The average molecular weight is 375 g/mol. The highest BCUT2D eigenvalue weighted by Crippen LogP contribution is 2.30. The predicted molar refractivity (Wildman–Crippen MR) is 97.8 cm³/mol. The molecule has 0 fully saturated rings. The van der Waals surface area contributed by atoms with Crippen LogP contribution in [0, 0.1) is 13.8 Å². The van der Waals surface area contributed by atoms with Gasteiger partial charge in [0.2, 0.25) is 0 Å². The van der Waals surface area contributed by atoms with Crippen LogP contribution in [-0.4, -0.2) is 52.1 Å². The van der Waals surface area contributed by atoms with Gasteiger partial charge in [0.05, 0.1) is 17.4 Å². The molecule has 1 aromatic heterocycles. The van der Waals surface area contributed by atoms with Gasteiger partial charge in [0, 0.05) is 26.2 Å². The Bertz CT molecular complexity index is 805. The van der Waals surface area contributed by atoms with Crippen molar-refractivity contribution in [2.45, 2.75) is 39.5 Å². The normalized spacial score (nSPS) is 15.2. The number of fused-ring (bicyclic) bond motifs is 1. The fourth-order valence-electron chi connectivity index (χ4n) is 3.36. The molecule has 1 atom stereocenters. The van der Waals surface area contributed by atoms with Crippen molar-refractivity contribution < 1.29 is 24.3 Å². The molecule has 1 amide bonds. The number of aliphatic hydroxyl groups excluding tert-OH is 1. The number of carbonyl (C=O) groups is 1. The molecule has 0 radical (unpaired) electrons. The van der Waals surface area contributed by atoms with E-state index in [4.69, 9.17) is 14.4 Å². The summed E-state index contributed by atoms with van der Waals surface area (Å²) in [4.78, 5) is 12.7. The number of aryl methyl sites for hydroxylation is 1. The molecule has 1 aliphatic rings. The summed E-state index contributed by atoms with van der Waals surface area (Å²) in [7, 11) is 0. The quantitative estimate of drug-likeness (QED) is 0.678. The largest absolute Gasteiger partial charge is 0.488 e. The maximum Gasteiger partial charge on any atom is 0.404 e. The van der Waals surface area contributed by atoms with Crippen molar-refractivity contribution in [3.05, 3.63) is 46.3 Å². The molecule has 0 bridgehead atoms. The number of rotatable bonds is 7. The van der Waals surface area contributed by atoms with E-state index in [-0.39, 0.29) is 6.54 Å². The van der Waals surface area contributed by atoms with Crippen molar-refractivity contribution in [2.75, 3.05) is 19.6 Å². The number of amides is 1. The van der Waals surface area contributed by atoms with Crippen molar-refractivity contribution in [3.8, 4) is 5.75 Å². The van der Waals surface area contributed by atoms with Crippen molar-refractivity contribution in [1.82, 2.24) is 15.4 Å². The highest BCUT2D eigenvalue weighted by atomic mass is 16.5. The SMILES string of the molecule is Cc1nocc1COc1ccc2c(c1C)CCN(CC(O)CNC(=O)O)C2. The maximum absolute atomic E-state index is 10.5. The van der Waals surface area contributed by atoms with Gasteiger partial charge in [-0.25, -0.2) is 4.79 Å². The first-order valence-electron chi connectivity index (χ1n) is 8.95. The number of aliphatic hydroxyl groups is 1. The topological polar surface area (TPSA) is 108 Å². The highest BCUT2D eigenvalue weighted by Gasteiger charge is 2.21. The first-order chi connectivity index (χ1) is 12.9. The number of β-amino-alcohol motifs (C(OH)–C–C–N with tert-alkyl or cyclic N) is 1. The van der Waals surface area contributed by atoms with Crippen molar-refractivity contribution in [3.63, 3.8) is 0 Å². The third kappa shape index (κ3) is 4.78. The number of hydrogen-bond donors (Lipinski definition) is 3. The van der Waals surface area contributed by atoms with Crippen LogP contribution in [0.25, 0.3) is 0 Å². The molecule has 8 nitrogen and oxygen atoms in total. The minimum atomic E-state index is -1.12. The number of nitrogens with one attached hydrogen (secondary N) is 1. The summed E-state index contributed by atoms with van der Waals surface area (Å²) in [6, 6.07) is 4.04. The van der Waals surface area contributed by atoms with Crippen molar-refractivity contribution in [1.29, 1.82) is 0 Å².